The lowest BCUT2D eigenvalue weighted by Gasteiger charge is -2.08. The minimum Gasteiger partial charge on any atom is -0.258 e. The van der Waals surface area contributed by atoms with E-state index in [4.69, 9.17) is 23.2 Å². The number of non-ortho nitro benzene ring substituents is 1. The molecule has 0 aliphatic carbocycles. The maximum atomic E-state index is 12.4. The van der Waals surface area contributed by atoms with E-state index in [-0.39, 0.29) is 20.9 Å². The van der Waals surface area contributed by atoms with Crippen molar-refractivity contribution in [3.8, 4) is 0 Å². The molecule has 106 valence electrons. The summed E-state index contributed by atoms with van der Waals surface area (Å²) in [7, 11) is -4.10. The Kier molecular flexibility index (Phi) is 3.72. The fourth-order valence-electron chi connectivity index (χ4n) is 1.55. The van der Waals surface area contributed by atoms with Gasteiger partial charge in [0.2, 0.25) is 0 Å². The van der Waals surface area contributed by atoms with Gasteiger partial charge in [0.05, 0.1) is 9.82 Å². The van der Waals surface area contributed by atoms with Crippen LogP contribution in [0, 0.1) is 17.0 Å². The van der Waals surface area contributed by atoms with Crippen molar-refractivity contribution in [2.45, 2.75) is 11.8 Å². The van der Waals surface area contributed by atoms with Gasteiger partial charge in [-0.15, -0.1) is 0 Å². The highest BCUT2D eigenvalue weighted by molar-refractivity contribution is 7.90. The van der Waals surface area contributed by atoms with E-state index in [1.54, 1.807) is 0 Å². The molecule has 0 bridgehead atoms. The predicted octanol–water partition coefficient (Wildman–Crippen LogP) is 2.64. The molecule has 0 spiro atoms. The third-order valence-corrected chi connectivity index (χ3v) is 5.18. The zero-order valence-electron chi connectivity index (χ0n) is 9.95. The van der Waals surface area contributed by atoms with Gasteiger partial charge in [-0.1, -0.05) is 29.3 Å². The van der Waals surface area contributed by atoms with Crippen molar-refractivity contribution in [2.75, 3.05) is 0 Å². The maximum Gasteiger partial charge on any atom is 0.270 e. The number of hydrogen-bond donors (Lipinski definition) is 0. The molecule has 0 aliphatic rings. The lowest BCUT2D eigenvalue weighted by atomic mass is 10.2. The van der Waals surface area contributed by atoms with E-state index < -0.39 is 14.9 Å². The summed E-state index contributed by atoms with van der Waals surface area (Å²) in [6, 6.07) is 3.53. The molecule has 7 nitrogen and oxygen atoms in total. The molecule has 1 aromatic carbocycles. The molecule has 0 N–H and O–H groups in total. The summed E-state index contributed by atoms with van der Waals surface area (Å²) >= 11 is 11.4. The number of benzene rings is 1. The first-order valence-corrected chi connectivity index (χ1v) is 7.33. The summed E-state index contributed by atoms with van der Waals surface area (Å²) in [5, 5.41) is 10.3. The van der Waals surface area contributed by atoms with E-state index >= 15 is 0 Å². The molecule has 0 atom stereocenters. The second-order valence-electron chi connectivity index (χ2n) is 3.83. The number of nitro benzene ring substituents is 1. The Balaban J connectivity index is 2.69. The van der Waals surface area contributed by atoms with Crippen LogP contribution >= 0.6 is 23.2 Å². The molecule has 2 rings (SSSR count). The first kappa shape index (κ1) is 14.8. The first-order valence-electron chi connectivity index (χ1n) is 5.14. The van der Waals surface area contributed by atoms with E-state index in [9.17, 15) is 18.5 Å². The number of nitrogens with zero attached hydrogens (tertiary/aromatic N) is 3. The van der Waals surface area contributed by atoms with Crippen LogP contribution in [-0.2, 0) is 10.0 Å². The number of aryl methyl sites for hydroxylation is 1. The van der Waals surface area contributed by atoms with E-state index in [0.717, 1.165) is 12.4 Å². The fraction of sp³-hybridized carbons (Fsp3) is 0.100. The van der Waals surface area contributed by atoms with E-state index in [2.05, 4.69) is 4.98 Å². The molecule has 20 heavy (non-hydrogen) atoms. The van der Waals surface area contributed by atoms with Gasteiger partial charge in [-0.25, -0.2) is 17.4 Å². The average molecular weight is 336 g/mol. The summed E-state index contributed by atoms with van der Waals surface area (Å²) in [6.45, 7) is 1.52. The highest BCUT2D eigenvalue weighted by atomic mass is 35.5. The number of rotatable bonds is 3. The van der Waals surface area contributed by atoms with Crippen LogP contribution in [0.2, 0.25) is 10.3 Å². The Bertz CT molecular complexity index is 801. The third-order valence-electron chi connectivity index (χ3n) is 2.56. The van der Waals surface area contributed by atoms with E-state index in [1.165, 1.54) is 19.1 Å². The van der Waals surface area contributed by atoms with Crippen molar-refractivity contribution in [1.29, 1.82) is 0 Å². The Hall–Kier alpha value is -1.64. The molecular formula is C10H7Cl2N3O4S. The molecule has 1 aromatic heterocycles. The molecule has 1 heterocycles. The lowest BCUT2D eigenvalue weighted by Crippen LogP contribution is -2.13. The number of hydrogen-bond acceptors (Lipinski definition) is 5. The fourth-order valence-corrected chi connectivity index (χ4v) is 3.53. The quantitative estimate of drug-likeness (QED) is 0.634. The van der Waals surface area contributed by atoms with Crippen molar-refractivity contribution in [1.82, 2.24) is 8.96 Å². The van der Waals surface area contributed by atoms with Gasteiger partial charge in [-0.3, -0.25) is 10.1 Å². The van der Waals surface area contributed by atoms with Crippen molar-refractivity contribution in [2.24, 2.45) is 0 Å². The molecule has 0 radical (unpaired) electrons. The molecule has 0 fully saturated rings. The first-order chi connectivity index (χ1) is 9.25. The number of nitro groups is 1. The zero-order chi connectivity index (χ0) is 15.1. The number of imidazole rings is 1. The second-order valence-corrected chi connectivity index (χ2v) is 6.33. The van der Waals surface area contributed by atoms with E-state index in [1.807, 2.05) is 0 Å². The molecule has 0 saturated carbocycles. The van der Waals surface area contributed by atoms with Crippen LogP contribution in [0.5, 0.6) is 0 Å². The van der Waals surface area contributed by atoms with Gasteiger partial charge in [-0.05, 0) is 12.5 Å². The molecule has 0 saturated heterocycles. The van der Waals surface area contributed by atoms with Gasteiger partial charge < -0.3 is 0 Å². The summed E-state index contributed by atoms with van der Waals surface area (Å²) in [5.41, 5.74) is 0.00741. The average Bonchev–Trinajstić information content (AvgIpc) is 2.70. The molecule has 0 unspecified atom stereocenters. The van der Waals surface area contributed by atoms with Crippen LogP contribution in [-0.4, -0.2) is 22.3 Å². The number of halogens is 2. The minimum absolute atomic E-state index is 0.168. The third kappa shape index (κ3) is 2.37. The smallest absolute Gasteiger partial charge is 0.258 e. The summed E-state index contributed by atoms with van der Waals surface area (Å²) in [6.07, 6.45) is 0.943. The Labute approximate surface area is 124 Å². The van der Waals surface area contributed by atoms with Crippen molar-refractivity contribution < 1.29 is 13.3 Å². The standard InChI is InChI=1S/C10H7Cl2N3O4S/c1-6-2-3-7(15(16)17)4-8(6)20(18,19)14-5-13-9(11)10(14)12/h2-5H,1H3. The van der Waals surface area contributed by atoms with Crippen molar-refractivity contribution in [3.63, 3.8) is 0 Å². The van der Waals surface area contributed by atoms with Gasteiger partial charge in [0, 0.05) is 12.1 Å². The van der Waals surface area contributed by atoms with Crippen LogP contribution in [0.4, 0.5) is 5.69 Å². The van der Waals surface area contributed by atoms with Gasteiger partial charge in [0.25, 0.3) is 15.7 Å². The van der Waals surface area contributed by atoms with Gasteiger partial charge in [-0.2, -0.15) is 0 Å². The van der Waals surface area contributed by atoms with Crippen LogP contribution in [0.1, 0.15) is 5.56 Å². The molecule has 0 amide bonds. The summed E-state index contributed by atoms with van der Waals surface area (Å²) < 4.78 is 25.5. The highest BCUT2D eigenvalue weighted by Gasteiger charge is 2.25. The largest absolute Gasteiger partial charge is 0.270 e. The van der Waals surface area contributed by atoms with Crippen LogP contribution < -0.4 is 0 Å². The van der Waals surface area contributed by atoms with E-state index in [0.29, 0.717) is 9.54 Å². The Morgan fingerprint density at radius 1 is 1.35 bits per heavy atom. The van der Waals surface area contributed by atoms with Gasteiger partial charge in [0.1, 0.15) is 6.33 Å². The maximum absolute atomic E-state index is 12.4. The minimum atomic E-state index is -4.10. The Morgan fingerprint density at radius 2 is 2.00 bits per heavy atom. The zero-order valence-corrected chi connectivity index (χ0v) is 12.3. The summed E-state index contributed by atoms with van der Waals surface area (Å²) in [5.74, 6) is 0. The molecule has 2 aromatic rings. The predicted molar refractivity (Wildman–Crippen MR) is 72.7 cm³/mol. The van der Waals surface area contributed by atoms with Crippen LogP contribution in [0.3, 0.4) is 0 Å². The number of aromatic nitrogens is 2. The molecule has 0 aliphatic heterocycles. The van der Waals surface area contributed by atoms with Crippen molar-refractivity contribution in [3.05, 3.63) is 50.5 Å². The molecular weight excluding hydrogens is 329 g/mol. The monoisotopic (exact) mass is 335 g/mol. The topological polar surface area (TPSA) is 95.1 Å². The Morgan fingerprint density at radius 3 is 2.50 bits per heavy atom. The van der Waals surface area contributed by atoms with Crippen LogP contribution in [0.15, 0.2) is 29.4 Å². The van der Waals surface area contributed by atoms with Crippen molar-refractivity contribution >= 4 is 38.9 Å². The SMILES string of the molecule is Cc1ccc([N+](=O)[O-])cc1S(=O)(=O)n1cnc(Cl)c1Cl. The van der Waals surface area contributed by atoms with Gasteiger partial charge in [0.15, 0.2) is 10.3 Å². The second kappa shape index (κ2) is 5.04. The van der Waals surface area contributed by atoms with Gasteiger partial charge >= 0.3 is 0 Å². The molecule has 10 heteroatoms. The normalized spacial score (nSPS) is 11.6. The highest BCUT2D eigenvalue weighted by Crippen LogP contribution is 2.28. The van der Waals surface area contributed by atoms with Crippen LogP contribution in [0.25, 0.3) is 0 Å². The summed E-state index contributed by atoms with van der Waals surface area (Å²) in [4.78, 5) is 13.4. The lowest BCUT2D eigenvalue weighted by molar-refractivity contribution is -0.385.